The average Bonchev–Trinajstić information content (AvgIpc) is 2.41. The largest absolute Gasteiger partial charge is 0.496 e. The van der Waals surface area contributed by atoms with Gasteiger partial charge in [0.25, 0.3) is 0 Å². The topological polar surface area (TPSA) is 55.8 Å². The maximum atomic E-state index is 12.7. The Morgan fingerprint density at radius 2 is 2.05 bits per heavy atom. The summed E-state index contributed by atoms with van der Waals surface area (Å²) in [5, 5.41) is 0. The summed E-state index contributed by atoms with van der Waals surface area (Å²) in [6.45, 7) is 6.39. The molecule has 1 saturated heterocycles. The molecule has 5 nitrogen and oxygen atoms in total. The second-order valence-corrected chi connectivity index (χ2v) is 7.09. The van der Waals surface area contributed by atoms with Crippen LogP contribution in [0, 0.1) is 6.92 Å². The van der Waals surface area contributed by atoms with Crippen molar-refractivity contribution >= 4 is 10.0 Å². The average molecular weight is 299 g/mol. The van der Waals surface area contributed by atoms with Crippen LogP contribution in [0.1, 0.15) is 19.4 Å². The maximum absolute atomic E-state index is 12.7. The lowest BCUT2D eigenvalue weighted by Crippen LogP contribution is -2.50. The second kappa shape index (κ2) is 5.71. The molecule has 1 heterocycles. The van der Waals surface area contributed by atoms with Crippen molar-refractivity contribution < 1.29 is 17.9 Å². The number of nitrogens with zero attached hydrogens (tertiary/aromatic N) is 1. The molecule has 0 amide bonds. The standard InChI is InChI=1S/C14H21NO4S/c1-10-7-13(5-6-14(10)18-4)20(16,17)15-8-12(3)19-9-11(15)2/h5-7,11-12H,8-9H2,1-4H3. The van der Waals surface area contributed by atoms with Gasteiger partial charge >= 0.3 is 0 Å². The fourth-order valence-electron chi connectivity index (χ4n) is 2.35. The van der Waals surface area contributed by atoms with Gasteiger partial charge in [0.1, 0.15) is 5.75 Å². The van der Waals surface area contributed by atoms with Gasteiger partial charge in [-0.25, -0.2) is 8.42 Å². The highest BCUT2D eigenvalue weighted by atomic mass is 32.2. The molecule has 1 aliphatic heterocycles. The van der Waals surface area contributed by atoms with E-state index in [0.29, 0.717) is 23.8 Å². The summed E-state index contributed by atoms with van der Waals surface area (Å²) < 4.78 is 37.6. The van der Waals surface area contributed by atoms with Crippen molar-refractivity contribution in [2.75, 3.05) is 20.3 Å². The van der Waals surface area contributed by atoms with E-state index in [1.165, 1.54) is 4.31 Å². The lowest BCUT2D eigenvalue weighted by molar-refractivity contribution is -0.0170. The van der Waals surface area contributed by atoms with Crippen molar-refractivity contribution in [3.05, 3.63) is 23.8 Å². The van der Waals surface area contributed by atoms with E-state index in [1.54, 1.807) is 25.3 Å². The van der Waals surface area contributed by atoms with E-state index in [9.17, 15) is 8.42 Å². The monoisotopic (exact) mass is 299 g/mol. The van der Waals surface area contributed by atoms with Crippen LogP contribution >= 0.6 is 0 Å². The molecule has 20 heavy (non-hydrogen) atoms. The molecule has 0 bridgehead atoms. The summed E-state index contributed by atoms with van der Waals surface area (Å²) in [7, 11) is -1.92. The molecule has 2 unspecified atom stereocenters. The van der Waals surface area contributed by atoms with Crippen molar-refractivity contribution in [1.29, 1.82) is 0 Å². The summed E-state index contributed by atoms with van der Waals surface area (Å²) in [5.41, 5.74) is 0.808. The number of methoxy groups -OCH3 is 1. The number of hydrogen-bond acceptors (Lipinski definition) is 4. The first-order valence-corrected chi connectivity index (χ1v) is 8.08. The van der Waals surface area contributed by atoms with Crippen molar-refractivity contribution in [2.45, 2.75) is 37.8 Å². The van der Waals surface area contributed by atoms with Gasteiger partial charge in [-0.15, -0.1) is 0 Å². The quantitative estimate of drug-likeness (QED) is 0.854. The van der Waals surface area contributed by atoms with Crippen LogP contribution < -0.4 is 4.74 Å². The molecule has 0 aromatic heterocycles. The van der Waals surface area contributed by atoms with Crippen LogP contribution in [0.15, 0.2) is 23.1 Å². The van der Waals surface area contributed by atoms with E-state index in [-0.39, 0.29) is 12.1 Å². The Morgan fingerprint density at radius 1 is 1.35 bits per heavy atom. The molecule has 1 fully saturated rings. The Balaban J connectivity index is 2.36. The van der Waals surface area contributed by atoms with Crippen LogP contribution in [0.25, 0.3) is 0 Å². The third-order valence-corrected chi connectivity index (χ3v) is 5.50. The predicted octanol–water partition coefficient (Wildman–Crippen LogP) is 1.80. The highest BCUT2D eigenvalue weighted by Gasteiger charge is 2.34. The number of benzene rings is 1. The number of hydrogen-bond donors (Lipinski definition) is 0. The van der Waals surface area contributed by atoms with Crippen molar-refractivity contribution in [3.8, 4) is 5.75 Å². The zero-order chi connectivity index (χ0) is 14.9. The minimum atomic E-state index is -3.49. The second-order valence-electron chi connectivity index (χ2n) is 5.20. The molecule has 2 atom stereocenters. The molecule has 0 spiro atoms. The third kappa shape index (κ3) is 2.82. The van der Waals surface area contributed by atoms with Crippen LogP contribution in [0.5, 0.6) is 5.75 Å². The van der Waals surface area contributed by atoms with Crippen LogP contribution in [0.4, 0.5) is 0 Å². The molecule has 1 aliphatic rings. The number of sulfonamides is 1. The van der Waals surface area contributed by atoms with Gasteiger partial charge in [-0.1, -0.05) is 0 Å². The Bertz CT molecular complexity index is 585. The van der Waals surface area contributed by atoms with Gasteiger partial charge in [-0.3, -0.25) is 0 Å². The van der Waals surface area contributed by atoms with Gasteiger partial charge < -0.3 is 9.47 Å². The molecular weight excluding hydrogens is 278 g/mol. The van der Waals surface area contributed by atoms with Crippen molar-refractivity contribution in [2.24, 2.45) is 0 Å². The normalized spacial score (nSPS) is 24.6. The van der Waals surface area contributed by atoms with Gasteiger partial charge in [0.05, 0.1) is 24.7 Å². The van der Waals surface area contributed by atoms with E-state index >= 15 is 0 Å². The van der Waals surface area contributed by atoms with Crippen LogP contribution in [0.2, 0.25) is 0 Å². The molecule has 0 radical (unpaired) electrons. The smallest absolute Gasteiger partial charge is 0.243 e. The number of morpholine rings is 1. The summed E-state index contributed by atoms with van der Waals surface area (Å²) in [4.78, 5) is 0.303. The zero-order valence-corrected chi connectivity index (χ0v) is 13.1. The number of rotatable bonds is 3. The molecule has 0 saturated carbocycles. The first-order valence-electron chi connectivity index (χ1n) is 6.64. The summed E-state index contributed by atoms with van der Waals surface area (Å²) in [5.74, 6) is 0.687. The molecular formula is C14H21NO4S. The summed E-state index contributed by atoms with van der Waals surface area (Å²) >= 11 is 0. The van der Waals surface area contributed by atoms with Gasteiger partial charge in [0, 0.05) is 12.6 Å². The fraction of sp³-hybridized carbons (Fsp3) is 0.571. The fourth-order valence-corrected chi connectivity index (χ4v) is 4.13. The van der Waals surface area contributed by atoms with Gasteiger partial charge in [-0.05, 0) is 44.5 Å². The van der Waals surface area contributed by atoms with E-state index in [1.807, 2.05) is 20.8 Å². The van der Waals surface area contributed by atoms with E-state index in [4.69, 9.17) is 9.47 Å². The van der Waals surface area contributed by atoms with Gasteiger partial charge in [-0.2, -0.15) is 4.31 Å². The summed E-state index contributed by atoms with van der Waals surface area (Å²) in [6.07, 6.45) is -0.0830. The third-order valence-electron chi connectivity index (χ3n) is 3.52. The minimum Gasteiger partial charge on any atom is -0.496 e. The van der Waals surface area contributed by atoms with E-state index in [2.05, 4.69) is 0 Å². The predicted molar refractivity (Wildman–Crippen MR) is 76.5 cm³/mol. The maximum Gasteiger partial charge on any atom is 0.243 e. The Hall–Kier alpha value is -1.11. The lowest BCUT2D eigenvalue weighted by atomic mass is 10.2. The Labute approximate surface area is 120 Å². The molecule has 0 aliphatic carbocycles. The molecule has 1 aromatic rings. The number of aryl methyl sites for hydroxylation is 1. The SMILES string of the molecule is COc1ccc(S(=O)(=O)N2CC(C)OCC2C)cc1C. The first kappa shape index (κ1) is 15.3. The Morgan fingerprint density at radius 3 is 2.65 bits per heavy atom. The van der Waals surface area contributed by atoms with Crippen molar-refractivity contribution in [1.82, 2.24) is 4.31 Å². The van der Waals surface area contributed by atoms with Gasteiger partial charge in [0.15, 0.2) is 0 Å². The molecule has 6 heteroatoms. The van der Waals surface area contributed by atoms with E-state index < -0.39 is 10.0 Å². The van der Waals surface area contributed by atoms with E-state index in [0.717, 1.165) is 5.56 Å². The molecule has 0 N–H and O–H groups in total. The molecule has 2 rings (SSSR count). The Kier molecular flexibility index (Phi) is 4.36. The van der Waals surface area contributed by atoms with Crippen LogP contribution in [0.3, 0.4) is 0 Å². The highest BCUT2D eigenvalue weighted by Crippen LogP contribution is 2.26. The van der Waals surface area contributed by atoms with Crippen molar-refractivity contribution in [3.63, 3.8) is 0 Å². The summed E-state index contributed by atoms with van der Waals surface area (Å²) in [6, 6.07) is 4.78. The minimum absolute atomic E-state index is 0.0830. The lowest BCUT2D eigenvalue weighted by Gasteiger charge is -2.35. The molecule has 1 aromatic carbocycles. The number of ether oxygens (including phenoxy) is 2. The molecule has 112 valence electrons. The first-order chi connectivity index (χ1) is 9.36. The zero-order valence-electron chi connectivity index (χ0n) is 12.3. The van der Waals surface area contributed by atoms with Crippen LogP contribution in [-0.4, -0.2) is 45.1 Å². The highest BCUT2D eigenvalue weighted by molar-refractivity contribution is 7.89. The van der Waals surface area contributed by atoms with Crippen LogP contribution in [-0.2, 0) is 14.8 Å². The van der Waals surface area contributed by atoms with Gasteiger partial charge in [0.2, 0.25) is 10.0 Å².